The maximum Gasteiger partial charge on any atom is 0.418 e. The van der Waals surface area contributed by atoms with Crippen molar-refractivity contribution in [1.82, 2.24) is 20.2 Å². The van der Waals surface area contributed by atoms with Gasteiger partial charge in [0.25, 0.3) is 0 Å². The molecule has 0 spiro atoms. The molecule has 0 fully saturated rings. The van der Waals surface area contributed by atoms with E-state index in [1.54, 1.807) is 12.1 Å². The second kappa shape index (κ2) is 7.51. The number of fused-ring (bicyclic) bond motifs is 1. The van der Waals surface area contributed by atoms with Crippen molar-refractivity contribution >= 4 is 11.0 Å². The molecule has 3 aromatic heterocycles. The lowest BCUT2D eigenvalue weighted by atomic mass is 10.1. The van der Waals surface area contributed by atoms with E-state index in [1.165, 1.54) is 12.3 Å². The molecule has 0 aliphatic heterocycles. The van der Waals surface area contributed by atoms with Crippen LogP contribution in [0.5, 0.6) is 5.88 Å². The minimum Gasteiger partial charge on any atom is -0.476 e. The zero-order valence-corrected chi connectivity index (χ0v) is 14.9. The lowest BCUT2D eigenvalue weighted by Gasteiger charge is -2.16. The predicted molar refractivity (Wildman–Crippen MR) is 99.3 cm³/mol. The number of halogens is 3. The summed E-state index contributed by atoms with van der Waals surface area (Å²) in [6.07, 6.45) is -2.32. The highest BCUT2D eigenvalue weighted by Crippen LogP contribution is 2.38. The van der Waals surface area contributed by atoms with Gasteiger partial charge in [-0.2, -0.15) is 18.3 Å². The van der Waals surface area contributed by atoms with E-state index < -0.39 is 11.7 Å². The molecule has 3 heterocycles. The number of rotatable bonds is 6. The molecule has 3 rings (SSSR count). The number of alkyl halides is 3. The van der Waals surface area contributed by atoms with Crippen LogP contribution in [0.1, 0.15) is 28.7 Å². The quantitative estimate of drug-likeness (QED) is 0.663. The normalized spacial score (nSPS) is 13.3. The first kappa shape index (κ1) is 19.1. The predicted octanol–water partition coefficient (Wildman–Crippen LogP) is 4.28. The van der Waals surface area contributed by atoms with Crippen LogP contribution in [0.4, 0.5) is 13.2 Å². The zero-order chi connectivity index (χ0) is 19.6. The molecule has 0 aromatic carbocycles. The van der Waals surface area contributed by atoms with Crippen molar-refractivity contribution < 1.29 is 20.8 Å². The summed E-state index contributed by atoms with van der Waals surface area (Å²) < 4.78 is 46.0. The highest BCUT2D eigenvalue weighted by Gasteiger charge is 2.36. The van der Waals surface area contributed by atoms with Crippen LogP contribution in [-0.4, -0.2) is 32.8 Å². The molecular weight excluding hydrogens is 359 g/mol. The van der Waals surface area contributed by atoms with Crippen molar-refractivity contribution in [3.05, 3.63) is 36.0 Å². The summed E-state index contributed by atoms with van der Waals surface area (Å²) in [6.45, 7) is 4.23. The molecule has 148 valence electrons. The Morgan fingerprint density at radius 3 is 2.74 bits per heavy atom. The fourth-order valence-corrected chi connectivity index (χ4v) is 2.84. The van der Waals surface area contributed by atoms with Gasteiger partial charge < -0.3 is 10.5 Å². The van der Waals surface area contributed by atoms with Gasteiger partial charge in [-0.05, 0) is 30.5 Å². The van der Waals surface area contributed by atoms with Crippen molar-refractivity contribution in [3.8, 4) is 17.3 Å². The number of hydrogen-bond donors (Lipinski definition) is 2. The highest BCUT2D eigenvalue weighted by molar-refractivity contribution is 5.90. The van der Waals surface area contributed by atoms with Crippen molar-refractivity contribution in [3.63, 3.8) is 0 Å². The van der Waals surface area contributed by atoms with Crippen LogP contribution in [0.25, 0.3) is 22.4 Å². The first-order chi connectivity index (χ1) is 12.8. The number of nitrogens with one attached hydrogen (secondary N) is 1. The molecule has 0 bridgehead atoms. The maximum atomic E-state index is 13.5. The minimum absolute atomic E-state index is 0. The highest BCUT2D eigenvalue weighted by atomic mass is 19.4. The zero-order valence-electron chi connectivity index (χ0n) is 14.9. The molecule has 0 aliphatic carbocycles. The van der Waals surface area contributed by atoms with E-state index in [1.807, 2.05) is 13.8 Å². The van der Waals surface area contributed by atoms with Crippen molar-refractivity contribution in [2.24, 2.45) is 11.7 Å². The fourth-order valence-electron chi connectivity index (χ4n) is 2.84. The Labute approximate surface area is 156 Å². The van der Waals surface area contributed by atoms with Gasteiger partial charge in [-0.15, -0.1) is 0 Å². The van der Waals surface area contributed by atoms with E-state index in [0.29, 0.717) is 17.0 Å². The van der Waals surface area contributed by atoms with E-state index in [2.05, 4.69) is 20.2 Å². The lowest BCUT2D eigenvalue weighted by molar-refractivity contribution is -0.137. The summed E-state index contributed by atoms with van der Waals surface area (Å²) >= 11 is 0. The summed E-state index contributed by atoms with van der Waals surface area (Å²) in [5.74, 6) is 0.465. The van der Waals surface area contributed by atoms with Gasteiger partial charge in [-0.3, -0.25) is 5.10 Å². The van der Waals surface area contributed by atoms with Crippen LogP contribution in [0.15, 0.2) is 30.5 Å². The van der Waals surface area contributed by atoms with Gasteiger partial charge in [0, 0.05) is 26.5 Å². The van der Waals surface area contributed by atoms with Crippen molar-refractivity contribution in [1.29, 1.82) is 0 Å². The van der Waals surface area contributed by atoms with E-state index in [9.17, 15) is 13.2 Å². The molecule has 0 aliphatic rings. The van der Waals surface area contributed by atoms with E-state index in [0.717, 1.165) is 12.5 Å². The van der Waals surface area contributed by atoms with Gasteiger partial charge in [0.2, 0.25) is 5.88 Å². The topological polar surface area (TPSA) is 89.7 Å². The molecule has 27 heavy (non-hydrogen) atoms. The van der Waals surface area contributed by atoms with Crippen LogP contribution in [0.3, 0.4) is 0 Å². The smallest absolute Gasteiger partial charge is 0.418 e. The van der Waals surface area contributed by atoms with Gasteiger partial charge in [0.05, 0.1) is 11.3 Å². The summed E-state index contributed by atoms with van der Waals surface area (Å²) in [5.41, 5.74) is 5.26. The molecule has 0 amide bonds. The number of aromatic nitrogens is 4. The third-order valence-corrected chi connectivity index (χ3v) is 3.96. The maximum absolute atomic E-state index is 13.5. The summed E-state index contributed by atoms with van der Waals surface area (Å²) in [4.78, 5) is 8.12. The van der Waals surface area contributed by atoms with Gasteiger partial charge in [-0.1, -0.05) is 13.8 Å². The molecule has 0 saturated heterocycles. The second-order valence-electron chi connectivity index (χ2n) is 6.72. The number of ether oxygens (including phenoxy) is 1. The Morgan fingerprint density at radius 1 is 1.26 bits per heavy atom. The number of pyridine rings is 2. The summed E-state index contributed by atoms with van der Waals surface area (Å²) in [6, 6.07) is 5.18. The average molecular weight is 383 g/mol. The fraction of sp³-hybridized carbons (Fsp3) is 0.389. The van der Waals surface area contributed by atoms with E-state index in [4.69, 9.17) is 10.5 Å². The molecule has 0 unspecified atom stereocenters. The Kier molecular flexibility index (Phi) is 5.31. The molecular formula is C18H24F3N5O. The van der Waals surface area contributed by atoms with Crippen LogP contribution in [-0.2, 0) is 6.18 Å². The lowest BCUT2D eigenvalue weighted by Crippen LogP contribution is -2.29. The van der Waals surface area contributed by atoms with Gasteiger partial charge in [0.15, 0.2) is 5.65 Å². The third kappa shape index (κ3) is 4.36. The second-order valence-corrected chi connectivity index (χ2v) is 6.72. The SMILES string of the molecule is CC(C)C[C@@H](N)COc1ccc(C(F)(F)F)c(-c2[nH]nc3ncccc23)n1.[HH].[HH]. The van der Waals surface area contributed by atoms with Crippen molar-refractivity contribution in [2.45, 2.75) is 32.5 Å². The Hall–Kier alpha value is -2.68. The minimum atomic E-state index is -4.57. The Bertz CT molecular complexity index is 933. The molecule has 9 heteroatoms. The first-order valence-electron chi connectivity index (χ1n) is 8.51. The molecule has 0 radical (unpaired) electrons. The van der Waals surface area contributed by atoms with E-state index >= 15 is 0 Å². The van der Waals surface area contributed by atoms with Crippen LogP contribution in [0, 0.1) is 5.92 Å². The van der Waals surface area contributed by atoms with Crippen LogP contribution in [0.2, 0.25) is 0 Å². The summed E-state index contributed by atoms with van der Waals surface area (Å²) in [5, 5.41) is 7.00. The molecule has 3 aromatic rings. The Balaban J connectivity index is 0.00000210. The third-order valence-electron chi connectivity index (χ3n) is 3.96. The van der Waals surface area contributed by atoms with Gasteiger partial charge in [0.1, 0.15) is 12.3 Å². The van der Waals surface area contributed by atoms with Crippen molar-refractivity contribution in [2.75, 3.05) is 6.61 Å². The van der Waals surface area contributed by atoms with Crippen LogP contribution < -0.4 is 10.5 Å². The first-order valence-corrected chi connectivity index (χ1v) is 8.51. The van der Waals surface area contributed by atoms with Gasteiger partial charge in [-0.25, -0.2) is 9.97 Å². The largest absolute Gasteiger partial charge is 0.476 e. The molecule has 6 nitrogen and oxygen atoms in total. The average Bonchev–Trinajstić information content (AvgIpc) is 3.02. The Morgan fingerprint density at radius 2 is 2.04 bits per heavy atom. The number of H-pyrrole nitrogens is 1. The van der Waals surface area contributed by atoms with Crippen LogP contribution >= 0.6 is 0 Å². The van der Waals surface area contributed by atoms with Gasteiger partial charge >= 0.3 is 6.18 Å². The number of hydrogen-bond acceptors (Lipinski definition) is 5. The summed E-state index contributed by atoms with van der Waals surface area (Å²) in [7, 11) is 0. The number of nitrogens with zero attached hydrogens (tertiary/aromatic N) is 3. The molecule has 1 atom stereocenters. The molecule has 0 saturated carbocycles. The van der Waals surface area contributed by atoms with E-state index in [-0.39, 0.29) is 32.8 Å². The number of nitrogens with two attached hydrogens (primary N) is 1. The number of aromatic amines is 1. The molecule has 3 N–H and O–H groups in total. The monoisotopic (exact) mass is 383 g/mol. The standard InChI is InChI=1S/C18H20F3N5O.2H2/c1-10(2)8-11(22)9-27-14-6-5-13(18(19,20)21)16(24-14)15-12-4-3-7-23-17(12)26-25-15;;/h3-7,10-11H,8-9,22H2,1-2H3,(H,23,25,26);2*1H/t11-;;/m1../s1.